The largest absolute Gasteiger partial charge is 0.377 e. The van der Waals surface area contributed by atoms with Crippen LogP contribution in [-0.4, -0.2) is 56.4 Å². The maximum Gasteiger partial charge on any atom is 0.248 e. The van der Waals surface area contributed by atoms with Gasteiger partial charge in [-0.1, -0.05) is 0 Å². The maximum absolute atomic E-state index is 11.4. The average Bonchev–Trinajstić information content (AvgIpc) is 2.26. The van der Waals surface area contributed by atoms with E-state index in [-0.39, 0.29) is 18.6 Å². The van der Waals surface area contributed by atoms with E-state index in [0.29, 0.717) is 32.8 Å². The van der Waals surface area contributed by atoms with Crippen molar-refractivity contribution in [3.8, 4) is 0 Å². The third kappa shape index (κ3) is 4.15. The third-order valence-corrected chi connectivity index (χ3v) is 2.47. The standard InChI is InChI=1S/C10H20N2O3/c1-2-15-9(7-11)3-4-12-5-6-14-8-10(12)13/h9H,2-8,11H2,1H3. The third-order valence-electron chi connectivity index (χ3n) is 2.47. The molecule has 1 atom stereocenters. The molecule has 1 aliphatic heterocycles. The van der Waals surface area contributed by atoms with Crippen LogP contribution in [0.15, 0.2) is 0 Å². The van der Waals surface area contributed by atoms with Gasteiger partial charge in [0, 0.05) is 26.2 Å². The number of carbonyl (C=O) groups excluding carboxylic acids is 1. The summed E-state index contributed by atoms with van der Waals surface area (Å²) < 4.78 is 10.5. The molecule has 5 heteroatoms. The molecule has 0 aromatic carbocycles. The molecule has 0 spiro atoms. The van der Waals surface area contributed by atoms with Crippen LogP contribution in [0.1, 0.15) is 13.3 Å². The number of amides is 1. The van der Waals surface area contributed by atoms with Crippen LogP contribution in [0.3, 0.4) is 0 Å². The van der Waals surface area contributed by atoms with E-state index < -0.39 is 0 Å². The lowest BCUT2D eigenvalue weighted by Crippen LogP contribution is -2.43. The van der Waals surface area contributed by atoms with Crippen molar-refractivity contribution in [3.05, 3.63) is 0 Å². The van der Waals surface area contributed by atoms with Gasteiger partial charge in [-0.2, -0.15) is 0 Å². The smallest absolute Gasteiger partial charge is 0.248 e. The Morgan fingerprint density at radius 2 is 2.47 bits per heavy atom. The zero-order valence-corrected chi connectivity index (χ0v) is 9.28. The highest BCUT2D eigenvalue weighted by Crippen LogP contribution is 2.03. The SMILES string of the molecule is CCOC(CN)CCN1CCOCC1=O. The van der Waals surface area contributed by atoms with Crippen molar-refractivity contribution in [2.24, 2.45) is 5.73 Å². The van der Waals surface area contributed by atoms with E-state index in [1.54, 1.807) is 0 Å². The molecule has 0 aromatic rings. The molecule has 2 N–H and O–H groups in total. The van der Waals surface area contributed by atoms with Crippen molar-refractivity contribution in [2.75, 3.05) is 39.5 Å². The Hall–Kier alpha value is -0.650. The molecule has 1 fully saturated rings. The van der Waals surface area contributed by atoms with Gasteiger partial charge in [0.05, 0.1) is 12.7 Å². The van der Waals surface area contributed by atoms with Crippen LogP contribution in [0.25, 0.3) is 0 Å². The van der Waals surface area contributed by atoms with Crippen LogP contribution >= 0.6 is 0 Å². The van der Waals surface area contributed by atoms with Gasteiger partial charge in [-0.15, -0.1) is 0 Å². The summed E-state index contributed by atoms with van der Waals surface area (Å²) in [5.74, 6) is 0.0634. The Morgan fingerprint density at radius 1 is 1.67 bits per heavy atom. The maximum atomic E-state index is 11.4. The van der Waals surface area contributed by atoms with Crippen LogP contribution in [0.2, 0.25) is 0 Å². The number of nitrogens with zero attached hydrogens (tertiary/aromatic N) is 1. The summed E-state index contributed by atoms with van der Waals surface area (Å²) in [6, 6.07) is 0. The van der Waals surface area contributed by atoms with E-state index in [1.807, 2.05) is 11.8 Å². The summed E-state index contributed by atoms with van der Waals surface area (Å²) in [5.41, 5.74) is 5.56. The van der Waals surface area contributed by atoms with Crippen molar-refractivity contribution in [2.45, 2.75) is 19.4 Å². The topological polar surface area (TPSA) is 64.8 Å². The van der Waals surface area contributed by atoms with Crippen molar-refractivity contribution < 1.29 is 14.3 Å². The van der Waals surface area contributed by atoms with Gasteiger partial charge in [0.2, 0.25) is 5.91 Å². The predicted molar refractivity (Wildman–Crippen MR) is 56.5 cm³/mol. The van der Waals surface area contributed by atoms with Crippen molar-refractivity contribution in [1.29, 1.82) is 0 Å². The van der Waals surface area contributed by atoms with Gasteiger partial charge in [0.1, 0.15) is 6.61 Å². The lowest BCUT2D eigenvalue weighted by molar-refractivity contribution is -0.143. The van der Waals surface area contributed by atoms with Crippen LogP contribution in [0, 0.1) is 0 Å². The Balaban J connectivity index is 2.24. The van der Waals surface area contributed by atoms with Crippen LogP contribution in [0.4, 0.5) is 0 Å². The molecule has 5 nitrogen and oxygen atoms in total. The fourth-order valence-corrected chi connectivity index (χ4v) is 1.59. The number of hydrogen-bond donors (Lipinski definition) is 1. The molecule has 1 aliphatic rings. The molecular formula is C10H20N2O3. The van der Waals surface area contributed by atoms with E-state index in [4.69, 9.17) is 15.2 Å². The zero-order chi connectivity index (χ0) is 11.1. The molecule has 0 bridgehead atoms. The number of rotatable bonds is 6. The first-order valence-corrected chi connectivity index (χ1v) is 5.45. The number of hydrogen-bond acceptors (Lipinski definition) is 4. The second kappa shape index (κ2) is 6.76. The molecular weight excluding hydrogens is 196 g/mol. The fraction of sp³-hybridized carbons (Fsp3) is 0.900. The van der Waals surface area contributed by atoms with E-state index in [0.717, 1.165) is 6.42 Å². The summed E-state index contributed by atoms with van der Waals surface area (Å²) in [7, 11) is 0. The van der Waals surface area contributed by atoms with Crippen molar-refractivity contribution in [3.63, 3.8) is 0 Å². The van der Waals surface area contributed by atoms with Gasteiger partial charge >= 0.3 is 0 Å². The highest BCUT2D eigenvalue weighted by molar-refractivity contribution is 5.77. The molecule has 0 radical (unpaired) electrons. The lowest BCUT2D eigenvalue weighted by Gasteiger charge is -2.28. The molecule has 88 valence electrons. The van der Waals surface area contributed by atoms with E-state index >= 15 is 0 Å². The molecule has 1 heterocycles. The minimum atomic E-state index is 0.0608. The molecule has 0 aliphatic carbocycles. The molecule has 1 saturated heterocycles. The van der Waals surface area contributed by atoms with Crippen LogP contribution in [-0.2, 0) is 14.3 Å². The highest BCUT2D eigenvalue weighted by atomic mass is 16.5. The van der Waals surface area contributed by atoms with Gasteiger partial charge in [-0.25, -0.2) is 0 Å². The molecule has 1 rings (SSSR count). The van der Waals surface area contributed by atoms with Crippen LogP contribution < -0.4 is 5.73 Å². The molecule has 1 amide bonds. The second-order valence-corrected chi connectivity index (χ2v) is 3.54. The first-order valence-electron chi connectivity index (χ1n) is 5.45. The first kappa shape index (κ1) is 12.4. The monoisotopic (exact) mass is 216 g/mol. The Labute approximate surface area is 90.5 Å². The minimum absolute atomic E-state index is 0.0608. The van der Waals surface area contributed by atoms with Gasteiger partial charge in [-0.3, -0.25) is 4.79 Å². The van der Waals surface area contributed by atoms with E-state index in [9.17, 15) is 4.79 Å². The van der Waals surface area contributed by atoms with Crippen molar-refractivity contribution in [1.82, 2.24) is 4.90 Å². The lowest BCUT2D eigenvalue weighted by atomic mass is 10.2. The number of carbonyl (C=O) groups is 1. The summed E-state index contributed by atoms with van der Waals surface area (Å²) in [5, 5.41) is 0. The average molecular weight is 216 g/mol. The van der Waals surface area contributed by atoms with Crippen molar-refractivity contribution >= 4 is 5.91 Å². The van der Waals surface area contributed by atoms with Gasteiger partial charge in [0.25, 0.3) is 0 Å². The summed E-state index contributed by atoms with van der Waals surface area (Å²) in [4.78, 5) is 13.2. The first-order chi connectivity index (χ1) is 7.27. The second-order valence-electron chi connectivity index (χ2n) is 3.54. The zero-order valence-electron chi connectivity index (χ0n) is 9.28. The molecule has 1 unspecified atom stereocenters. The predicted octanol–water partition coefficient (Wildman–Crippen LogP) is -0.401. The Kier molecular flexibility index (Phi) is 5.60. The van der Waals surface area contributed by atoms with E-state index in [2.05, 4.69) is 0 Å². The number of ether oxygens (including phenoxy) is 2. The molecule has 15 heavy (non-hydrogen) atoms. The van der Waals surface area contributed by atoms with Gasteiger partial charge < -0.3 is 20.1 Å². The quantitative estimate of drug-likeness (QED) is 0.656. The molecule has 0 aromatic heterocycles. The summed E-state index contributed by atoms with van der Waals surface area (Å²) in [6.45, 7) is 5.36. The highest BCUT2D eigenvalue weighted by Gasteiger charge is 2.19. The summed E-state index contributed by atoms with van der Waals surface area (Å²) in [6.07, 6.45) is 0.862. The normalized spacial score (nSPS) is 19.3. The Morgan fingerprint density at radius 3 is 3.07 bits per heavy atom. The number of morpholine rings is 1. The fourth-order valence-electron chi connectivity index (χ4n) is 1.59. The van der Waals surface area contributed by atoms with E-state index in [1.165, 1.54) is 0 Å². The minimum Gasteiger partial charge on any atom is -0.377 e. The summed E-state index contributed by atoms with van der Waals surface area (Å²) >= 11 is 0. The van der Waals surface area contributed by atoms with Crippen LogP contribution in [0.5, 0.6) is 0 Å². The molecule has 0 saturated carbocycles. The number of nitrogens with two attached hydrogens (primary N) is 1. The van der Waals surface area contributed by atoms with Gasteiger partial charge in [0.15, 0.2) is 0 Å². The Bertz CT molecular complexity index is 199. The van der Waals surface area contributed by atoms with Gasteiger partial charge in [-0.05, 0) is 13.3 Å².